The largest absolute Gasteiger partial charge is 0.481 e. The number of carboxylic acid groups (broad SMARTS) is 1. The van der Waals surface area contributed by atoms with Gasteiger partial charge in [0.25, 0.3) is 0 Å². The molecule has 1 fully saturated rings. The predicted molar refractivity (Wildman–Crippen MR) is 76.2 cm³/mol. The molecule has 0 bridgehead atoms. The van der Waals surface area contributed by atoms with Crippen LogP contribution in [-0.2, 0) is 17.8 Å². The second kappa shape index (κ2) is 5.92. The maximum absolute atomic E-state index is 10.7. The zero-order chi connectivity index (χ0) is 13.9. The zero-order valence-corrected chi connectivity index (χ0v) is 12.4. The van der Waals surface area contributed by atoms with Crippen LogP contribution in [0.1, 0.15) is 30.3 Å². The molecule has 0 unspecified atom stereocenters. The third-order valence-electron chi connectivity index (χ3n) is 3.09. The van der Waals surface area contributed by atoms with Crippen molar-refractivity contribution in [3.63, 3.8) is 0 Å². The molecule has 1 aliphatic carbocycles. The number of carbonyl (C=O) groups is 1. The summed E-state index contributed by atoms with van der Waals surface area (Å²) in [6.45, 7) is 0.754. The van der Waals surface area contributed by atoms with Crippen LogP contribution in [0.2, 0.25) is 0 Å². The molecule has 106 valence electrons. The summed E-state index contributed by atoms with van der Waals surface area (Å²) in [5, 5.41) is 19.9. The van der Waals surface area contributed by atoms with E-state index in [0.717, 1.165) is 37.3 Å². The fourth-order valence-electron chi connectivity index (χ4n) is 1.97. The van der Waals surface area contributed by atoms with Crippen molar-refractivity contribution in [1.82, 2.24) is 19.7 Å². The van der Waals surface area contributed by atoms with Gasteiger partial charge in [-0.25, -0.2) is 4.98 Å². The van der Waals surface area contributed by atoms with Crippen LogP contribution in [0.5, 0.6) is 0 Å². The number of rotatable bonds is 7. The van der Waals surface area contributed by atoms with Gasteiger partial charge in [-0.05, 0) is 12.8 Å². The van der Waals surface area contributed by atoms with E-state index in [0.29, 0.717) is 11.1 Å². The van der Waals surface area contributed by atoms with E-state index in [9.17, 15) is 4.79 Å². The van der Waals surface area contributed by atoms with Crippen LogP contribution in [-0.4, -0.2) is 36.6 Å². The van der Waals surface area contributed by atoms with Crippen molar-refractivity contribution in [3.8, 4) is 0 Å². The van der Waals surface area contributed by atoms with Crippen molar-refractivity contribution in [3.05, 3.63) is 22.4 Å². The predicted octanol–water partition coefficient (Wildman–Crippen LogP) is 2.03. The molecule has 6 nitrogen and oxygen atoms in total. The minimum Gasteiger partial charge on any atom is -0.481 e. The molecule has 0 radical (unpaired) electrons. The highest BCUT2D eigenvalue weighted by Crippen LogP contribution is 2.40. The fourth-order valence-corrected chi connectivity index (χ4v) is 3.26. The summed E-state index contributed by atoms with van der Waals surface area (Å²) in [6, 6.07) is 0. The van der Waals surface area contributed by atoms with E-state index < -0.39 is 5.97 Å². The van der Waals surface area contributed by atoms with Gasteiger partial charge in [-0.3, -0.25) is 4.79 Å². The number of aromatic nitrogens is 4. The Hall–Kier alpha value is -1.41. The molecule has 1 N–H and O–H groups in total. The summed E-state index contributed by atoms with van der Waals surface area (Å²) in [5.41, 5.74) is 2.88. The first-order valence-electron chi connectivity index (χ1n) is 6.39. The first-order valence-corrected chi connectivity index (χ1v) is 8.31. The van der Waals surface area contributed by atoms with Crippen molar-refractivity contribution in [1.29, 1.82) is 0 Å². The summed E-state index contributed by atoms with van der Waals surface area (Å²) < 4.78 is 2.06. The Morgan fingerprint density at radius 1 is 1.50 bits per heavy atom. The second-order valence-electron chi connectivity index (χ2n) is 4.68. The molecule has 8 heteroatoms. The third kappa shape index (κ3) is 3.18. The molecule has 0 saturated heterocycles. The van der Waals surface area contributed by atoms with Crippen LogP contribution in [0.4, 0.5) is 0 Å². The smallest absolute Gasteiger partial charge is 0.313 e. The molecule has 1 saturated carbocycles. The van der Waals surface area contributed by atoms with Crippen LogP contribution in [0.3, 0.4) is 0 Å². The Morgan fingerprint density at radius 2 is 2.35 bits per heavy atom. The quantitative estimate of drug-likeness (QED) is 0.788. The van der Waals surface area contributed by atoms with Crippen molar-refractivity contribution in [2.45, 2.75) is 36.9 Å². The molecular weight excluding hydrogens is 296 g/mol. The standard InChI is InChI=1S/C12H14N4O2S2/c17-10(18)6-20-12-15-14-11(8-1-2-8)16(12)4-3-9-5-19-7-13-9/h5,7-8H,1-4,6H2,(H,17,18). The highest BCUT2D eigenvalue weighted by molar-refractivity contribution is 7.99. The Morgan fingerprint density at radius 3 is 3.00 bits per heavy atom. The average molecular weight is 310 g/mol. The van der Waals surface area contributed by atoms with E-state index in [1.54, 1.807) is 11.3 Å². The minimum absolute atomic E-state index is 0.0134. The number of thiazole rings is 1. The van der Waals surface area contributed by atoms with Gasteiger partial charge < -0.3 is 9.67 Å². The summed E-state index contributed by atoms with van der Waals surface area (Å²) in [4.78, 5) is 15.0. The van der Waals surface area contributed by atoms with Crippen LogP contribution in [0.15, 0.2) is 16.0 Å². The van der Waals surface area contributed by atoms with E-state index >= 15 is 0 Å². The lowest BCUT2D eigenvalue weighted by Crippen LogP contribution is -2.08. The highest BCUT2D eigenvalue weighted by Gasteiger charge is 2.30. The molecular formula is C12H14N4O2S2. The minimum atomic E-state index is -0.836. The van der Waals surface area contributed by atoms with Crippen molar-refractivity contribution < 1.29 is 9.90 Å². The summed E-state index contributed by atoms with van der Waals surface area (Å²) in [7, 11) is 0. The zero-order valence-electron chi connectivity index (χ0n) is 10.7. The second-order valence-corrected chi connectivity index (χ2v) is 6.34. The van der Waals surface area contributed by atoms with Gasteiger partial charge in [-0.1, -0.05) is 11.8 Å². The lowest BCUT2D eigenvalue weighted by molar-refractivity contribution is -0.133. The van der Waals surface area contributed by atoms with Gasteiger partial charge in [-0.15, -0.1) is 21.5 Å². The summed E-state index contributed by atoms with van der Waals surface area (Å²) >= 11 is 2.81. The third-order valence-corrected chi connectivity index (χ3v) is 4.67. The average Bonchev–Trinajstić information content (AvgIpc) is 2.99. The van der Waals surface area contributed by atoms with E-state index in [2.05, 4.69) is 19.7 Å². The lowest BCUT2D eigenvalue weighted by atomic mass is 10.3. The monoisotopic (exact) mass is 310 g/mol. The molecule has 2 aromatic rings. The SMILES string of the molecule is O=C(O)CSc1nnc(C2CC2)n1CCc1cscn1. The number of nitrogens with zero attached hydrogens (tertiary/aromatic N) is 4. The highest BCUT2D eigenvalue weighted by atomic mass is 32.2. The lowest BCUT2D eigenvalue weighted by Gasteiger charge is -2.08. The van der Waals surface area contributed by atoms with Crippen molar-refractivity contribution in [2.75, 3.05) is 5.75 Å². The van der Waals surface area contributed by atoms with E-state index in [1.165, 1.54) is 11.8 Å². The van der Waals surface area contributed by atoms with Crippen LogP contribution in [0.25, 0.3) is 0 Å². The number of hydrogen-bond donors (Lipinski definition) is 1. The summed E-state index contributed by atoms with van der Waals surface area (Å²) in [6.07, 6.45) is 3.12. The molecule has 2 heterocycles. The molecule has 0 spiro atoms. The topological polar surface area (TPSA) is 80.9 Å². The molecule has 0 aliphatic heterocycles. The van der Waals surface area contributed by atoms with E-state index in [1.807, 2.05) is 10.9 Å². The Labute approximate surface area is 124 Å². The number of aliphatic carboxylic acids is 1. The van der Waals surface area contributed by atoms with Gasteiger partial charge in [0, 0.05) is 24.3 Å². The van der Waals surface area contributed by atoms with E-state index in [4.69, 9.17) is 5.11 Å². The Bertz CT molecular complexity index is 593. The maximum atomic E-state index is 10.7. The molecule has 20 heavy (non-hydrogen) atoms. The van der Waals surface area contributed by atoms with Gasteiger partial charge in [0.05, 0.1) is 17.0 Å². The normalized spacial score (nSPS) is 14.6. The Balaban J connectivity index is 1.74. The fraction of sp³-hybridized carbons (Fsp3) is 0.500. The van der Waals surface area contributed by atoms with Crippen LogP contribution in [0, 0.1) is 0 Å². The van der Waals surface area contributed by atoms with Crippen molar-refractivity contribution >= 4 is 29.1 Å². The molecule has 0 amide bonds. The first-order chi connectivity index (χ1) is 9.74. The van der Waals surface area contributed by atoms with Gasteiger partial charge in [-0.2, -0.15) is 0 Å². The first kappa shape index (κ1) is 13.6. The van der Waals surface area contributed by atoms with Gasteiger partial charge >= 0.3 is 5.97 Å². The van der Waals surface area contributed by atoms with Gasteiger partial charge in [0.2, 0.25) is 0 Å². The molecule has 0 atom stereocenters. The number of carboxylic acids is 1. The summed E-state index contributed by atoms with van der Waals surface area (Å²) in [5.74, 6) is 0.668. The molecule has 0 aromatic carbocycles. The van der Waals surface area contributed by atoms with Crippen molar-refractivity contribution in [2.24, 2.45) is 0 Å². The molecule has 3 rings (SSSR count). The van der Waals surface area contributed by atoms with Crippen LogP contribution < -0.4 is 0 Å². The van der Waals surface area contributed by atoms with E-state index in [-0.39, 0.29) is 5.75 Å². The maximum Gasteiger partial charge on any atom is 0.313 e. The molecule has 2 aromatic heterocycles. The van der Waals surface area contributed by atoms with Gasteiger partial charge in [0.1, 0.15) is 5.82 Å². The number of thioether (sulfide) groups is 1. The number of aryl methyl sites for hydroxylation is 1. The number of hydrogen-bond acceptors (Lipinski definition) is 6. The molecule has 1 aliphatic rings. The van der Waals surface area contributed by atoms with Crippen LogP contribution >= 0.6 is 23.1 Å². The Kier molecular flexibility index (Phi) is 4.02. The van der Waals surface area contributed by atoms with Gasteiger partial charge in [0.15, 0.2) is 5.16 Å².